The number of fused-ring (bicyclic) bond motifs is 5. The number of primary amides is 2. The number of Topliss-reactive ketones (excluding diaryl/α,β-unsaturated/α-hetero) is 2. The Bertz CT molecular complexity index is 2540. The highest BCUT2D eigenvalue weighted by Gasteiger charge is 2.33. The van der Waals surface area contributed by atoms with Gasteiger partial charge in [-0.3, -0.25) is 53.3 Å². The first-order valence-corrected chi connectivity index (χ1v) is 32.8. The molecule has 0 radical (unpaired) electrons. The van der Waals surface area contributed by atoms with Crippen molar-refractivity contribution < 1.29 is 58.2 Å². The molecule has 0 aliphatic carbocycles. The van der Waals surface area contributed by atoms with E-state index < -0.39 is 41.6 Å². The Kier molecular flexibility index (Phi) is 38.2. The van der Waals surface area contributed by atoms with Gasteiger partial charge in [0, 0.05) is 141 Å². The van der Waals surface area contributed by atoms with Gasteiger partial charge in [-0.05, 0) is 93.7 Å². The molecule has 3 unspecified atom stereocenters. The van der Waals surface area contributed by atoms with Crippen LogP contribution >= 0.6 is 25.3 Å². The fourth-order valence-electron chi connectivity index (χ4n) is 10.1. The molecule has 2 aliphatic rings. The minimum absolute atomic E-state index is 0.0788. The lowest BCUT2D eigenvalue weighted by Gasteiger charge is -2.39. The Morgan fingerprint density at radius 3 is 1.16 bits per heavy atom. The lowest BCUT2D eigenvalue weighted by Crippen LogP contribution is -2.70. The molecule has 4 atom stereocenters. The van der Waals surface area contributed by atoms with Crippen molar-refractivity contribution in [1.29, 1.82) is 0 Å². The number of ketones is 2. The van der Waals surface area contributed by atoms with Crippen molar-refractivity contribution in [2.45, 2.75) is 171 Å². The van der Waals surface area contributed by atoms with Gasteiger partial charge in [-0.2, -0.15) is 25.3 Å². The monoisotopic (exact) mass is 1300 g/mol. The van der Waals surface area contributed by atoms with Crippen LogP contribution in [0.1, 0.15) is 134 Å². The lowest BCUT2D eigenvalue weighted by molar-refractivity contribution is -0.128. The number of nitrogens with two attached hydrogens (primary N) is 2. The number of carbonyl (C=O) groups is 10. The molecule has 2 heterocycles. The highest BCUT2D eigenvalue weighted by atomic mass is 32.1. The molecule has 4 rings (SSSR count). The highest BCUT2D eigenvalue weighted by molar-refractivity contribution is 7.80. The van der Waals surface area contributed by atoms with Crippen LogP contribution < -0.4 is 75.3 Å². The summed E-state index contributed by atoms with van der Waals surface area (Å²) in [6.45, 7) is 9.32. The zero-order valence-electron chi connectivity index (χ0n) is 52.6. The van der Waals surface area contributed by atoms with Gasteiger partial charge in [0.1, 0.15) is 29.2 Å². The number of nitrogens with one attached hydrogen (secondary N) is 12. The van der Waals surface area contributed by atoms with E-state index in [-0.39, 0.29) is 133 Å². The van der Waals surface area contributed by atoms with Gasteiger partial charge in [0.2, 0.25) is 47.3 Å². The van der Waals surface area contributed by atoms with E-state index in [1.807, 2.05) is 0 Å². The van der Waals surface area contributed by atoms with Gasteiger partial charge in [-0.15, -0.1) is 0 Å². The van der Waals surface area contributed by atoms with Crippen LogP contribution in [-0.2, 0) is 60.8 Å². The molecule has 2 bridgehead atoms. The predicted molar refractivity (Wildman–Crippen MR) is 351 cm³/mol. The maximum Gasteiger partial charge on any atom is 0.240 e. The number of carbonyl (C=O) groups excluding carboxylic acids is 10. The standard InChI is InChI=1S/C37H64N10O6S.C25H38N4O6S/c1-36-23-39-15-17-41-25-37(44-20-19-43-36,26-42-18-16-40-24-36)47-34(52)10-6-9-33(51)45-29(21-27-11-13-28(48)14-12-27)31(49)7-4-2-3-5-8-32(50)46-30(22-54)35(38)53;1-27-22(32)9-6-10-24(34)28-19(15-17-11-13-18(30)14-12-17)21(31)7-4-2-3-5-8-23(33)29-20(16-36)25(26)35/h11-14,29-30,39-44,48,54H,2-10,15-26H2,1H3,(H2,38,53)(H,45,51)(H,46,50)(H,47,52);11-14,19-20,30,36H,2-10,15-16H2,1H3,(H2,26,35)(H,27,32)(H,28,34)(H,29,33)/t;19-,20?/m.0/s1. The number of thiol groups is 2. The van der Waals surface area contributed by atoms with Gasteiger partial charge in [0.05, 0.1) is 12.1 Å². The third-order valence-corrected chi connectivity index (χ3v) is 16.1. The number of hydrogen-bond donors (Lipinski definition) is 18. The smallest absolute Gasteiger partial charge is 0.240 e. The van der Waals surface area contributed by atoms with E-state index in [2.05, 4.69) is 96.0 Å². The van der Waals surface area contributed by atoms with Crippen LogP contribution in [0.15, 0.2) is 48.5 Å². The normalized spacial score (nSPS) is 18.4. The van der Waals surface area contributed by atoms with Gasteiger partial charge in [0.25, 0.3) is 0 Å². The Morgan fingerprint density at radius 1 is 0.444 bits per heavy atom. The fraction of sp³-hybridized carbons (Fsp3) is 0.645. The summed E-state index contributed by atoms with van der Waals surface area (Å²) in [4.78, 5) is 123. The summed E-state index contributed by atoms with van der Waals surface area (Å²) < 4.78 is 0. The maximum absolute atomic E-state index is 13.4. The summed E-state index contributed by atoms with van der Waals surface area (Å²) in [5.74, 6) is -2.44. The zero-order valence-corrected chi connectivity index (χ0v) is 54.4. The van der Waals surface area contributed by atoms with Crippen molar-refractivity contribution in [3.63, 3.8) is 0 Å². The molecular weight excluding hydrogens is 1200 g/mol. The average Bonchev–Trinajstić information content (AvgIpc) is 1.86. The summed E-state index contributed by atoms with van der Waals surface area (Å²) in [7, 11) is 1.53. The van der Waals surface area contributed by atoms with E-state index in [9.17, 15) is 58.2 Å². The van der Waals surface area contributed by atoms with Crippen molar-refractivity contribution in [2.75, 3.05) is 84.0 Å². The Hall–Kier alpha value is -6.40. The average molecular weight is 1300 g/mol. The summed E-state index contributed by atoms with van der Waals surface area (Å²) in [6.07, 6.45) is 8.16. The number of phenolic OH excluding ortho intramolecular Hbond substituents is 2. The molecule has 90 heavy (non-hydrogen) atoms. The number of rotatable bonds is 37. The molecule has 2 saturated heterocycles. The van der Waals surface area contributed by atoms with Crippen molar-refractivity contribution in [1.82, 2.24) is 63.8 Å². The van der Waals surface area contributed by atoms with E-state index in [1.54, 1.807) is 36.4 Å². The third kappa shape index (κ3) is 33.6. The Labute approximate surface area is 541 Å². The summed E-state index contributed by atoms with van der Waals surface area (Å²) >= 11 is 8.02. The van der Waals surface area contributed by atoms with E-state index >= 15 is 0 Å². The van der Waals surface area contributed by atoms with Gasteiger partial charge in [-0.25, -0.2) is 0 Å². The maximum atomic E-state index is 13.4. The van der Waals surface area contributed by atoms with Crippen molar-refractivity contribution in [2.24, 2.45) is 11.5 Å². The van der Waals surface area contributed by atoms with Crippen LogP contribution in [0.2, 0.25) is 0 Å². The molecular formula is C62H102N14O12S2. The second kappa shape index (κ2) is 44.2. The largest absolute Gasteiger partial charge is 0.508 e. The van der Waals surface area contributed by atoms with Gasteiger partial charge >= 0.3 is 0 Å². The lowest BCUT2D eigenvalue weighted by atomic mass is 9.98. The number of amides is 8. The quantitative estimate of drug-likeness (QED) is 0.0304. The Morgan fingerprint density at radius 2 is 0.778 bits per heavy atom. The number of aromatic hydroxyl groups is 2. The molecule has 18 N–H and O–H groups in total. The van der Waals surface area contributed by atoms with Crippen molar-refractivity contribution >= 4 is 84.1 Å². The van der Waals surface area contributed by atoms with E-state index in [1.165, 1.54) is 19.2 Å². The summed E-state index contributed by atoms with van der Waals surface area (Å²) in [5, 5.41) is 57.0. The minimum atomic E-state index is -0.806. The molecule has 28 heteroatoms. The Balaban J connectivity index is 0.000000511. The zero-order chi connectivity index (χ0) is 66.2. The fourth-order valence-corrected chi connectivity index (χ4v) is 10.6. The van der Waals surface area contributed by atoms with E-state index in [4.69, 9.17) is 11.5 Å². The molecule has 2 fully saturated rings. The predicted octanol–water partition coefficient (Wildman–Crippen LogP) is -0.319. The number of phenols is 2. The first kappa shape index (κ1) is 77.8. The minimum Gasteiger partial charge on any atom is -0.508 e. The third-order valence-electron chi connectivity index (χ3n) is 15.3. The molecule has 0 saturated carbocycles. The number of unbranched alkanes of at least 4 members (excludes halogenated alkanes) is 6. The van der Waals surface area contributed by atoms with Crippen molar-refractivity contribution in [3.8, 4) is 11.5 Å². The SMILES string of the molecule is CC12CNCCNCC(NC(=O)CCCC(=O)NC(Cc3ccc(O)cc3)C(=O)CCCCCCC(=O)NC(CS)C(N)=O)(CNCCNC1)NCCN2.CNC(=O)CCCC(=O)N[C@@H](Cc1ccc(O)cc1)C(=O)CCCCCCC(=O)NC(CS)C(N)=O. The second-order valence-corrected chi connectivity index (χ2v) is 24.0. The van der Waals surface area contributed by atoms with Crippen LogP contribution in [0.4, 0.5) is 0 Å². The molecule has 0 spiro atoms. The van der Waals surface area contributed by atoms with E-state index in [0.717, 1.165) is 69.8 Å². The van der Waals surface area contributed by atoms with Crippen LogP contribution in [-0.4, -0.2) is 188 Å². The number of benzene rings is 2. The van der Waals surface area contributed by atoms with Gasteiger partial charge in [-0.1, -0.05) is 49.9 Å². The summed E-state index contributed by atoms with van der Waals surface area (Å²) in [6, 6.07) is 9.92. The van der Waals surface area contributed by atoms with Crippen molar-refractivity contribution in [3.05, 3.63) is 59.7 Å². The molecule has 26 nitrogen and oxygen atoms in total. The molecule has 2 aromatic carbocycles. The molecule has 0 aromatic heterocycles. The summed E-state index contributed by atoms with van der Waals surface area (Å²) in [5.41, 5.74) is 11.2. The first-order valence-electron chi connectivity index (χ1n) is 31.5. The highest BCUT2D eigenvalue weighted by Crippen LogP contribution is 2.17. The molecule has 2 aromatic rings. The van der Waals surface area contributed by atoms with E-state index in [0.29, 0.717) is 77.4 Å². The van der Waals surface area contributed by atoms with Gasteiger partial charge in [0.15, 0.2) is 11.6 Å². The van der Waals surface area contributed by atoms with Gasteiger partial charge < -0.3 is 80.2 Å². The molecule has 504 valence electrons. The van der Waals surface area contributed by atoms with Crippen LogP contribution in [0.5, 0.6) is 11.5 Å². The second-order valence-electron chi connectivity index (χ2n) is 23.3. The van der Waals surface area contributed by atoms with Crippen LogP contribution in [0.25, 0.3) is 0 Å². The van der Waals surface area contributed by atoms with Crippen LogP contribution in [0.3, 0.4) is 0 Å². The topological polar surface area (TPSA) is 408 Å². The molecule has 8 amide bonds. The van der Waals surface area contributed by atoms with Crippen LogP contribution in [0, 0.1) is 0 Å². The first-order chi connectivity index (χ1) is 43.1. The molecule has 2 aliphatic heterocycles. The number of hydrogen-bond acceptors (Lipinski definition) is 20.